The molecule has 2 aromatic heterocycles. The van der Waals surface area contributed by atoms with Gasteiger partial charge in [0.1, 0.15) is 11.5 Å². The van der Waals surface area contributed by atoms with Crippen molar-refractivity contribution < 1.29 is 23.7 Å². The first-order valence-corrected chi connectivity index (χ1v) is 9.68. The van der Waals surface area contributed by atoms with Gasteiger partial charge >= 0.3 is 0 Å². The standard InChI is InChI=1S/C23H22N4O5/c1-29-15-6-8-19(30-2)17(12-15)25-23(28)18-13-22-24-16(9-10-27(22)26-18)14-5-7-20(31-3)21(11-14)32-4/h5-13H,1-4H3,(H,25,28). The van der Waals surface area contributed by atoms with Crippen LogP contribution in [-0.2, 0) is 0 Å². The van der Waals surface area contributed by atoms with Crippen LogP contribution in [0.2, 0.25) is 0 Å². The minimum atomic E-state index is -0.394. The number of hydrogen-bond acceptors (Lipinski definition) is 7. The molecule has 1 amide bonds. The molecule has 0 aliphatic rings. The van der Waals surface area contributed by atoms with Crippen molar-refractivity contribution in [3.05, 3.63) is 60.4 Å². The zero-order valence-corrected chi connectivity index (χ0v) is 18.1. The fraction of sp³-hybridized carbons (Fsp3) is 0.174. The quantitative estimate of drug-likeness (QED) is 0.474. The van der Waals surface area contributed by atoms with Crippen LogP contribution in [0.15, 0.2) is 54.7 Å². The lowest BCUT2D eigenvalue weighted by atomic mass is 10.1. The Morgan fingerprint density at radius 3 is 2.31 bits per heavy atom. The van der Waals surface area contributed by atoms with Gasteiger partial charge in [0.2, 0.25) is 0 Å². The van der Waals surface area contributed by atoms with Gasteiger partial charge in [0.15, 0.2) is 22.8 Å². The lowest BCUT2D eigenvalue weighted by Crippen LogP contribution is -2.13. The van der Waals surface area contributed by atoms with Crippen LogP contribution in [0, 0.1) is 0 Å². The van der Waals surface area contributed by atoms with Crippen molar-refractivity contribution >= 4 is 17.2 Å². The van der Waals surface area contributed by atoms with Gasteiger partial charge in [-0.25, -0.2) is 9.50 Å². The van der Waals surface area contributed by atoms with E-state index in [0.29, 0.717) is 40.0 Å². The summed E-state index contributed by atoms with van der Waals surface area (Å²) in [6.45, 7) is 0. The van der Waals surface area contributed by atoms with Crippen LogP contribution in [0.1, 0.15) is 10.5 Å². The van der Waals surface area contributed by atoms with Crippen LogP contribution in [0.5, 0.6) is 23.0 Å². The molecule has 9 nitrogen and oxygen atoms in total. The van der Waals surface area contributed by atoms with Gasteiger partial charge in [-0.15, -0.1) is 0 Å². The number of amides is 1. The van der Waals surface area contributed by atoms with E-state index in [9.17, 15) is 4.79 Å². The van der Waals surface area contributed by atoms with Crippen molar-refractivity contribution in [2.75, 3.05) is 33.8 Å². The molecule has 0 unspecified atom stereocenters. The predicted octanol–water partition coefficient (Wildman–Crippen LogP) is 3.68. The third-order valence-electron chi connectivity index (χ3n) is 4.89. The van der Waals surface area contributed by atoms with Crippen LogP contribution in [0.4, 0.5) is 5.69 Å². The number of aromatic nitrogens is 3. The fourth-order valence-corrected chi connectivity index (χ4v) is 3.25. The maximum Gasteiger partial charge on any atom is 0.276 e. The molecule has 32 heavy (non-hydrogen) atoms. The van der Waals surface area contributed by atoms with Gasteiger partial charge in [0.05, 0.1) is 39.8 Å². The number of nitrogens with one attached hydrogen (secondary N) is 1. The van der Waals surface area contributed by atoms with E-state index in [1.165, 1.54) is 7.11 Å². The molecule has 0 saturated heterocycles. The van der Waals surface area contributed by atoms with Crippen molar-refractivity contribution in [2.24, 2.45) is 0 Å². The van der Waals surface area contributed by atoms with Gasteiger partial charge in [-0.1, -0.05) is 0 Å². The third-order valence-corrected chi connectivity index (χ3v) is 4.89. The van der Waals surface area contributed by atoms with Crippen LogP contribution in [0.25, 0.3) is 16.9 Å². The molecule has 0 aliphatic carbocycles. The molecule has 0 aliphatic heterocycles. The van der Waals surface area contributed by atoms with Gasteiger partial charge < -0.3 is 24.3 Å². The van der Waals surface area contributed by atoms with E-state index in [1.54, 1.807) is 56.3 Å². The molecule has 0 radical (unpaired) electrons. The van der Waals surface area contributed by atoms with Crippen molar-refractivity contribution in [3.8, 4) is 34.3 Å². The van der Waals surface area contributed by atoms with Gasteiger partial charge in [-0.05, 0) is 36.4 Å². The number of methoxy groups -OCH3 is 4. The molecule has 0 spiro atoms. The minimum Gasteiger partial charge on any atom is -0.497 e. The van der Waals surface area contributed by atoms with E-state index in [0.717, 1.165) is 5.56 Å². The highest BCUT2D eigenvalue weighted by Gasteiger charge is 2.16. The summed E-state index contributed by atoms with van der Waals surface area (Å²) in [5, 5.41) is 7.14. The topological polar surface area (TPSA) is 96.2 Å². The average molecular weight is 434 g/mol. The number of carbonyl (C=O) groups is 1. The first-order chi connectivity index (χ1) is 15.6. The molecule has 4 aromatic rings. The third kappa shape index (κ3) is 4.00. The van der Waals surface area contributed by atoms with E-state index < -0.39 is 5.91 Å². The summed E-state index contributed by atoms with van der Waals surface area (Å²) in [5.74, 6) is 1.95. The molecule has 2 heterocycles. The Labute approximate surface area is 184 Å². The number of benzene rings is 2. The molecule has 0 atom stereocenters. The number of anilines is 1. The highest BCUT2D eigenvalue weighted by Crippen LogP contribution is 2.32. The maximum absolute atomic E-state index is 12.8. The maximum atomic E-state index is 12.8. The van der Waals surface area contributed by atoms with Crippen molar-refractivity contribution in [3.63, 3.8) is 0 Å². The molecule has 4 rings (SSSR count). The second-order valence-corrected chi connectivity index (χ2v) is 6.74. The van der Waals surface area contributed by atoms with E-state index in [4.69, 9.17) is 18.9 Å². The molecular formula is C23H22N4O5. The highest BCUT2D eigenvalue weighted by molar-refractivity contribution is 6.04. The molecular weight excluding hydrogens is 412 g/mol. The normalized spacial score (nSPS) is 10.6. The summed E-state index contributed by atoms with van der Waals surface area (Å²) < 4.78 is 22.7. The number of fused-ring (bicyclic) bond motifs is 1. The minimum absolute atomic E-state index is 0.215. The lowest BCUT2D eigenvalue weighted by molar-refractivity contribution is 0.102. The smallest absolute Gasteiger partial charge is 0.276 e. The Hall–Kier alpha value is -4.27. The van der Waals surface area contributed by atoms with Crippen LogP contribution in [-0.4, -0.2) is 48.9 Å². The first kappa shape index (κ1) is 21.0. The number of ether oxygens (including phenoxy) is 4. The summed E-state index contributed by atoms with van der Waals surface area (Å²) in [6, 6.07) is 14.1. The molecule has 1 N–H and O–H groups in total. The lowest BCUT2D eigenvalue weighted by Gasteiger charge is -2.10. The Bertz CT molecular complexity index is 1280. The zero-order chi connectivity index (χ0) is 22.7. The van der Waals surface area contributed by atoms with Crippen molar-refractivity contribution in [1.82, 2.24) is 14.6 Å². The number of nitrogens with zero attached hydrogens (tertiary/aromatic N) is 3. The SMILES string of the molecule is COc1ccc(OC)c(NC(=O)c2cc3nc(-c4ccc(OC)c(OC)c4)ccn3n2)c1. The average Bonchev–Trinajstić information content (AvgIpc) is 3.27. The summed E-state index contributed by atoms with van der Waals surface area (Å²) in [5.41, 5.74) is 2.78. The van der Waals surface area contributed by atoms with Gasteiger partial charge in [-0.3, -0.25) is 4.79 Å². The Morgan fingerprint density at radius 1 is 0.844 bits per heavy atom. The second-order valence-electron chi connectivity index (χ2n) is 6.74. The van der Waals surface area contributed by atoms with E-state index >= 15 is 0 Å². The molecule has 9 heteroatoms. The van der Waals surface area contributed by atoms with E-state index in [1.807, 2.05) is 24.3 Å². The van der Waals surface area contributed by atoms with Crippen molar-refractivity contribution in [1.29, 1.82) is 0 Å². The summed E-state index contributed by atoms with van der Waals surface area (Å²) in [4.78, 5) is 17.4. The molecule has 2 aromatic carbocycles. The van der Waals surface area contributed by atoms with Gasteiger partial charge in [0, 0.05) is 23.9 Å². The van der Waals surface area contributed by atoms with Gasteiger partial charge in [0.25, 0.3) is 5.91 Å². The number of hydrogen-bond donors (Lipinski definition) is 1. The Balaban J connectivity index is 1.63. The first-order valence-electron chi connectivity index (χ1n) is 9.68. The van der Waals surface area contributed by atoms with Crippen LogP contribution < -0.4 is 24.3 Å². The van der Waals surface area contributed by atoms with E-state index in [-0.39, 0.29) is 5.69 Å². The summed E-state index contributed by atoms with van der Waals surface area (Å²) in [7, 11) is 6.25. The summed E-state index contributed by atoms with van der Waals surface area (Å²) >= 11 is 0. The molecule has 164 valence electrons. The van der Waals surface area contributed by atoms with Crippen LogP contribution >= 0.6 is 0 Å². The largest absolute Gasteiger partial charge is 0.497 e. The molecule has 0 fully saturated rings. The molecule has 0 bridgehead atoms. The van der Waals surface area contributed by atoms with Crippen molar-refractivity contribution in [2.45, 2.75) is 0 Å². The number of rotatable bonds is 7. The number of carbonyl (C=O) groups excluding carboxylic acids is 1. The summed E-state index contributed by atoms with van der Waals surface area (Å²) in [6.07, 6.45) is 1.75. The zero-order valence-electron chi connectivity index (χ0n) is 18.1. The van der Waals surface area contributed by atoms with E-state index in [2.05, 4.69) is 15.4 Å². The molecule has 0 saturated carbocycles. The monoisotopic (exact) mass is 434 g/mol. The Morgan fingerprint density at radius 2 is 1.59 bits per heavy atom. The predicted molar refractivity (Wildman–Crippen MR) is 119 cm³/mol. The van der Waals surface area contributed by atoms with Gasteiger partial charge in [-0.2, -0.15) is 5.10 Å². The highest BCUT2D eigenvalue weighted by atomic mass is 16.5. The Kier molecular flexibility index (Phi) is 5.80. The second kappa shape index (κ2) is 8.84. The van der Waals surface area contributed by atoms with Crippen LogP contribution in [0.3, 0.4) is 0 Å². The fourth-order valence-electron chi connectivity index (χ4n) is 3.25.